The number of aromatic nitrogens is 2. The van der Waals surface area contributed by atoms with Crippen molar-refractivity contribution < 1.29 is 4.79 Å². The molecule has 5 nitrogen and oxygen atoms in total. The molecule has 1 N–H and O–H groups in total. The molecular weight excluding hydrogens is 348 g/mol. The van der Waals surface area contributed by atoms with E-state index in [2.05, 4.69) is 52.2 Å². The van der Waals surface area contributed by atoms with Crippen LogP contribution in [-0.2, 0) is 6.42 Å². The van der Waals surface area contributed by atoms with Crippen LogP contribution < -0.4 is 10.2 Å². The first kappa shape index (κ1) is 18.2. The molecule has 2 aromatic carbocycles. The lowest BCUT2D eigenvalue weighted by atomic mass is 10.1. The van der Waals surface area contributed by atoms with Crippen LogP contribution in [0.4, 0.5) is 17.3 Å². The number of rotatable bonds is 3. The van der Waals surface area contributed by atoms with Crippen molar-refractivity contribution >= 4 is 23.2 Å². The van der Waals surface area contributed by atoms with E-state index in [1.807, 2.05) is 38.1 Å². The van der Waals surface area contributed by atoms with Crippen molar-refractivity contribution in [3.05, 3.63) is 76.6 Å². The zero-order valence-electron chi connectivity index (χ0n) is 16.7. The molecule has 1 amide bonds. The van der Waals surface area contributed by atoms with Gasteiger partial charge in [-0.2, -0.15) is 0 Å². The van der Waals surface area contributed by atoms with Crippen LogP contribution in [0, 0.1) is 20.8 Å². The Bertz CT molecular complexity index is 1060. The van der Waals surface area contributed by atoms with Gasteiger partial charge in [0.05, 0.1) is 0 Å². The fourth-order valence-electron chi connectivity index (χ4n) is 3.66. The summed E-state index contributed by atoms with van der Waals surface area (Å²) in [5.41, 5.74) is 6.64. The van der Waals surface area contributed by atoms with E-state index in [9.17, 15) is 4.79 Å². The predicted molar refractivity (Wildman–Crippen MR) is 112 cm³/mol. The zero-order chi connectivity index (χ0) is 19.8. The summed E-state index contributed by atoms with van der Waals surface area (Å²) in [4.78, 5) is 24.2. The van der Waals surface area contributed by atoms with E-state index in [1.54, 1.807) is 6.07 Å². The number of carbonyl (C=O) groups is 1. The molecule has 0 saturated heterocycles. The fraction of sp³-hybridized carbons (Fsp3) is 0.261. The van der Waals surface area contributed by atoms with E-state index in [0.29, 0.717) is 11.6 Å². The number of benzene rings is 2. The predicted octanol–water partition coefficient (Wildman–Crippen LogP) is 4.74. The van der Waals surface area contributed by atoms with Gasteiger partial charge in [-0.25, -0.2) is 9.97 Å². The third-order valence-corrected chi connectivity index (χ3v) is 5.26. The van der Waals surface area contributed by atoms with Crippen LogP contribution in [-0.4, -0.2) is 21.9 Å². The van der Waals surface area contributed by atoms with Gasteiger partial charge in [0.25, 0.3) is 5.91 Å². The molecule has 1 aromatic heterocycles. The van der Waals surface area contributed by atoms with Gasteiger partial charge in [0.1, 0.15) is 5.69 Å². The average Bonchev–Trinajstić information content (AvgIpc) is 3.00. The number of aryl methyl sites for hydroxylation is 3. The second-order valence-corrected chi connectivity index (χ2v) is 7.50. The molecular formula is C23H24N4O. The Labute approximate surface area is 165 Å². The highest BCUT2D eigenvalue weighted by Crippen LogP contribution is 2.36. The van der Waals surface area contributed by atoms with Gasteiger partial charge in [-0.3, -0.25) is 4.79 Å². The maximum Gasteiger partial charge on any atom is 0.274 e. The van der Waals surface area contributed by atoms with Crippen LogP contribution in [0.25, 0.3) is 0 Å². The lowest BCUT2D eigenvalue weighted by Crippen LogP contribution is -2.27. The third kappa shape index (κ3) is 3.36. The van der Waals surface area contributed by atoms with Gasteiger partial charge < -0.3 is 10.2 Å². The first-order chi connectivity index (χ1) is 13.4. The number of nitrogens with zero attached hydrogens (tertiary/aromatic N) is 3. The van der Waals surface area contributed by atoms with Crippen molar-refractivity contribution in [3.63, 3.8) is 0 Å². The number of hydrogen-bond donors (Lipinski definition) is 1. The van der Waals surface area contributed by atoms with Crippen molar-refractivity contribution in [2.24, 2.45) is 0 Å². The molecule has 28 heavy (non-hydrogen) atoms. The molecule has 0 spiro atoms. The molecule has 1 aliphatic rings. The second kappa shape index (κ2) is 7.08. The van der Waals surface area contributed by atoms with Gasteiger partial charge in [0.15, 0.2) is 0 Å². The summed E-state index contributed by atoms with van der Waals surface area (Å²) < 4.78 is 0. The number of hydrogen-bond acceptors (Lipinski definition) is 4. The number of anilines is 3. The number of fused-ring (bicyclic) bond motifs is 1. The van der Waals surface area contributed by atoms with E-state index in [4.69, 9.17) is 0 Å². The Morgan fingerprint density at radius 2 is 1.82 bits per heavy atom. The van der Waals surface area contributed by atoms with E-state index >= 15 is 0 Å². The first-order valence-electron chi connectivity index (χ1n) is 9.54. The summed E-state index contributed by atoms with van der Waals surface area (Å²) in [6.45, 7) is 8.13. The van der Waals surface area contributed by atoms with Crippen molar-refractivity contribution in [1.29, 1.82) is 0 Å². The third-order valence-electron chi connectivity index (χ3n) is 5.26. The minimum atomic E-state index is -0.227. The van der Waals surface area contributed by atoms with E-state index in [0.717, 1.165) is 29.1 Å². The Balaban J connectivity index is 1.66. The SMILES string of the molecule is Cc1cc(C(=O)Nc2ccc(C)c(C)c2)nc(N2c3ccccc3CC2C)n1. The Hall–Kier alpha value is -3.21. The summed E-state index contributed by atoms with van der Waals surface area (Å²) in [5.74, 6) is 0.345. The van der Waals surface area contributed by atoms with Gasteiger partial charge in [-0.1, -0.05) is 24.3 Å². The molecule has 5 heteroatoms. The highest BCUT2D eigenvalue weighted by molar-refractivity contribution is 6.03. The van der Waals surface area contributed by atoms with Crippen molar-refractivity contribution in [3.8, 4) is 0 Å². The normalized spacial score (nSPS) is 15.4. The standard InChI is InChI=1S/C23H24N4O/c1-14-9-10-19(11-15(14)2)25-22(28)20-12-16(3)24-23(26-20)27-17(4)13-18-7-5-6-8-21(18)27/h5-12,17H,13H2,1-4H3,(H,25,28). The molecule has 0 fully saturated rings. The summed E-state index contributed by atoms with van der Waals surface area (Å²) in [6.07, 6.45) is 0.942. The molecule has 0 aliphatic carbocycles. The van der Waals surface area contributed by atoms with E-state index in [1.165, 1.54) is 11.1 Å². The highest BCUT2D eigenvalue weighted by atomic mass is 16.1. The van der Waals surface area contributed by atoms with Crippen LogP contribution >= 0.6 is 0 Å². The van der Waals surface area contributed by atoms with Gasteiger partial charge in [0, 0.05) is 23.1 Å². The lowest BCUT2D eigenvalue weighted by molar-refractivity contribution is 0.102. The smallest absolute Gasteiger partial charge is 0.274 e. The molecule has 0 bridgehead atoms. The molecule has 1 aliphatic heterocycles. The number of para-hydroxylation sites is 1. The van der Waals surface area contributed by atoms with Crippen molar-refractivity contribution in [1.82, 2.24) is 9.97 Å². The second-order valence-electron chi connectivity index (χ2n) is 7.50. The van der Waals surface area contributed by atoms with Crippen LogP contribution in [0.2, 0.25) is 0 Å². The lowest BCUT2D eigenvalue weighted by Gasteiger charge is -2.23. The monoisotopic (exact) mass is 372 g/mol. The maximum absolute atomic E-state index is 12.8. The van der Waals surface area contributed by atoms with Crippen LogP contribution in [0.5, 0.6) is 0 Å². The summed E-state index contributed by atoms with van der Waals surface area (Å²) in [5, 5.41) is 2.95. The quantitative estimate of drug-likeness (QED) is 0.722. The number of amides is 1. The minimum absolute atomic E-state index is 0.227. The first-order valence-corrected chi connectivity index (χ1v) is 9.54. The van der Waals surface area contributed by atoms with Crippen molar-refractivity contribution in [2.75, 3.05) is 10.2 Å². The Kier molecular flexibility index (Phi) is 4.59. The van der Waals surface area contributed by atoms with Crippen LogP contribution in [0.3, 0.4) is 0 Å². The Morgan fingerprint density at radius 3 is 2.61 bits per heavy atom. The molecule has 0 saturated carbocycles. The summed E-state index contributed by atoms with van der Waals surface area (Å²) >= 11 is 0. The molecule has 0 radical (unpaired) electrons. The van der Waals surface area contributed by atoms with Crippen molar-refractivity contribution in [2.45, 2.75) is 40.2 Å². The molecule has 1 unspecified atom stereocenters. The summed E-state index contributed by atoms with van der Waals surface area (Å²) in [7, 11) is 0. The minimum Gasteiger partial charge on any atom is -0.321 e. The van der Waals surface area contributed by atoms with Crippen LogP contribution in [0.15, 0.2) is 48.5 Å². The van der Waals surface area contributed by atoms with E-state index in [-0.39, 0.29) is 11.9 Å². The topological polar surface area (TPSA) is 58.1 Å². The van der Waals surface area contributed by atoms with E-state index < -0.39 is 0 Å². The van der Waals surface area contributed by atoms with Gasteiger partial charge in [-0.05, 0) is 75.1 Å². The van der Waals surface area contributed by atoms with Gasteiger partial charge in [-0.15, -0.1) is 0 Å². The van der Waals surface area contributed by atoms with Gasteiger partial charge >= 0.3 is 0 Å². The molecule has 4 rings (SSSR count). The molecule has 1 atom stereocenters. The molecule has 2 heterocycles. The average molecular weight is 372 g/mol. The van der Waals surface area contributed by atoms with Crippen LogP contribution in [0.1, 0.15) is 39.8 Å². The zero-order valence-corrected chi connectivity index (χ0v) is 16.7. The number of carbonyl (C=O) groups excluding carboxylic acids is 1. The maximum atomic E-state index is 12.8. The van der Waals surface area contributed by atoms with Gasteiger partial charge in [0.2, 0.25) is 5.95 Å². The number of nitrogens with one attached hydrogen (secondary N) is 1. The molecule has 142 valence electrons. The Morgan fingerprint density at radius 1 is 1.04 bits per heavy atom. The summed E-state index contributed by atoms with van der Waals surface area (Å²) in [6, 6.07) is 16.1. The fourth-order valence-corrected chi connectivity index (χ4v) is 3.66. The largest absolute Gasteiger partial charge is 0.321 e. The molecule has 3 aromatic rings. The highest BCUT2D eigenvalue weighted by Gasteiger charge is 2.29.